The molecule has 10 rings (SSSR count). The molecule has 0 aliphatic carbocycles. The molecule has 66 heavy (non-hydrogen) atoms. The number of fused-ring (bicyclic) bond motifs is 3. The van der Waals surface area contributed by atoms with Gasteiger partial charge < -0.3 is 0 Å². The third-order valence-corrected chi connectivity index (χ3v) is 11.8. The Morgan fingerprint density at radius 1 is 0.333 bits per heavy atom. The Labute approximate surface area is 376 Å². The van der Waals surface area contributed by atoms with E-state index in [0.29, 0.717) is 67.9 Å². The number of hydrogen-bond acceptors (Lipinski definition) is 6. The predicted octanol–water partition coefficient (Wildman–Crippen LogP) is 15.6. The molecule has 1 aliphatic heterocycles. The Morgan fingerprint density at radius 3 is 0.909 bits per heavy atom. The normalized spacial score (nSPS) is 12.6. The molecule has 0 fully saturated rings. The molecule has 0 amide bonds. The van der Waals surface area contributed by atoms with Gasteiger partial charge in [0.05, 0.1) is 33.5 Å². The highest BCUT2D eigenvalue weighted by Gasteiger charge is 2.38. The summed E-state index contributed by atoms with van der Waals surface area (Å²) in [6.07, 6.45) is -9.16. The first-order chi connectivity index (χ1) is 31.6. The van der Waals surface area contributed by atoms with Gasteiger partial charge in [-0.1, -0.05) is 119 Å². The first-order valence-corrected chi connectivity index (χ1v) is 21.1. The highest BCUT2D eigenvalue weighted by molar-refractivity contribution is 6.02. The standard InChI is InChI=1S/C54H38F6N6/c1-31-5-13-37(14-6-31)47-48(38-15-7-32(2)8-16-38)64-52-51(63-47)65(41-25-9-33(3)10-26-41)49-50(66(52)42-27-11-34(4)12-28-42)62-46-30-44(36-19-23-40(24-20-36)54(58,59)60)43(29-45(46)61-49)35-17-21-39(22-18-35)53(55,56)57/h5-30H,1-4H3. The maximum atomic E-state index is 13.8. The van der Waals surface area contributed by atoms with Crippen molar-refractivity contribution in [1.29, 1.82) is 0 Å². The zero-order valence-electron chi connectivity index (χ0n) is 36.0. The molecule has 0 unspecified atom stereocenters. The van der Waals surface area contributed by atoms with Crippen LogP contribution in [0.15, 0.2) is 158 Å². The van der Waals surface area contributed by atoms with Crippen molar-refractivity contribution < 1.29 is 26.3 Å². The third-order valence-electron chi connectivity index (χ3n) is 11.8. The molecule has 3 heterocycles. The van der Waals surface area contributed by atoms with Gasteiger partial charge in [-0.3, -0.25) is 9.80 Å². The van der Waals surface area contributed by atoms with E-state index >= 15 is 0 Å². The van der Waals surface area contributed by atoms with E-state index in [1.807, 2.05) is 135 Å². The number of anilines is 6. The second-order valence-electron chi connectivity index (χ2n) is 16.5. The third kappa shape index (κ3) is 7.78. The fourth-order valence-electron chi connectivity index (χ4n) is 8.16. The van der Waals surface area contributed by atoms with Crippen LogP contribution in [-0.4, -0.2) is 19.9 Å². The predicted molar refractivity (Wildman–Crippen MR) is 249 cm³/mol. The number of aromatic nitrogens is 4. The monoisotopic (exact) mass is 884 g/mol. The average molecular weight is 885 g/mol. The Hall–Kier alpha value is -7.86. The number of nitrogens with zero attached hydrogens (tertiary/aromatic N) is 6. The second kappa shape index (κ2) is 16.0. The maximum absolute atomic E-state index is 13.8. The van der Waals surface area contributed by atoms with E-state index in [-0.39, 0.29) is 0 Å². The minimum absolute atomic E-state index is 0.381. The highest BCUT2D eigenvalue weighted by Crippen LogP contribution is 2.53. The van der Waals surface area contributed by atoms with Crippen LogP contribution >= 0.6 is 0 Å². The van der Waals surface area contributed by atoms with E-state index in [2.05, 4.69) is 0 Å². The Kier molecular flexibility index (Phi) is 10.2. The second-order valence-corrected chi connectivity index (χ2v) is 16.5. The number of halogens is 6. The molecular formula is C54H38F6N6. The molecule has 9 aromatic rings. The molecule has 0 radical (unpaired) electrons. The minimum atomic E-state index is -4.58. The van der Waals surface area contributed by atoms with Crippen LogP contribution in [0.25, 0.3) is 55.8 Å². The van der Waals surface area contributed by atoms with E-state index < -0.39 is 23.5 Å². The van der Waals surface area contributed by atoms with Gasteiger partial charge in [0.1, 0.15) is 0 Å². The van der Waals surface area contributed by atoms with Gasteiger partial charge in [-0.25, -0.2) is 19.9 Å². The molecule has 0 saturated heterocycles. The number of benzene rings is 7. The van der Waals surface area contributed by atoms with Crippen LogP contribution in [0.2, 0.25) is 0 Å². The van der Waals surface area contributed by atoms with Crippen molar-refractivity contribution in [2.45, 2.75) is 40.0 Å². The fourth-order valence-corrected chi connectivity index (χ4v) is 8.16. The molecule has 0 N–H and O–H groups in total. The van der Waals surface area contributed by atoms with Crippen molar-refractivity contribution in [1.82, 2.24) is 19.9 Å². The van der Waals surface area contributed by atoms with Gasteiger partial charge in [-0.05, 0) is 111 Å². The molecule has 326 valence electrons. The van der Waals surface area contributed by atoms with E-state index in [1.54, 1.807) is 12.1 Å². The van der Waals surface area contributed by atoms with Gasteiger partial charge >= 0.3 is 12.4 Å². The first-order valence-electron chi connectivity index (χ1n) is 21.1. The zero-order chi connectivity index (χ0) is 46.1. The van der Waals surface area contributed by atoms with Crippen LogP contribution in [-0.2, 0) is 12.4 Å². The van der Waals surface area contributed by atoms with Crippen LogP contribution in [0.3, 0.4) is 0 Å². The zero-order valence-corrected chi connectivity index (χ0v) is 36.0. The van der Waals surface area contributed by atoms with E-state index in [9.17, 15) is 26.3 Å². The van der Waals surface area contributed by atoms with Gasteiger partial charge in [0.2, 0.25) is 0 Å². The molecule has 1 aliphatic rings. The molecule has 12 heteroatoms. The van der Waals surface area contributed by atoms with Crippen molar-refractivity contribution in [2.24, 2.45) is 0 Å². The van der Waals surface area contributed by atoms with Gasteiger partial charge in [0.25, 0.3) is 0 Å². The van der Waals surface area contributed by atoms with Crippen molar-refractivity contribution in [2.75, 3.05) is 9.80 Å². The molecule has 0 atom stereocenters. The summed E-state index contributed by atoms with van der Waals surface area (Å²) in [6.45, 7) is 8.04. The Balaban J connectivity index is 1.28. The van der Waals surface area contributed by atoms with E-state index in [1.165, 1.54) is 24.3 Å². The average Bonchev–Trinajstić information content (AvgIpc) is 3.30. The number of hydrogen-bond donors (Lipinski definition) is 0. The summed E-state index contributed by atoms with van der Waals surface area (Å²) < 4.78 is 82.7. The highest BCUT2D eigenvalue weighted by atomic mass is 19.4. The van der Waals surface area contributed by atoms with Crippen LogP contribution in [0, 0.1) is 27.7 Å². The lowest BCUT2D eigenvalue weighted by Crippen LogP contribution is -2.28. The molecule has 0 bridgehead atoms. The van der Waals surface area contributed by atoms with Crippen LogP contribution in [0.1, 0.15) is 33.4 Å². The summed E-state index contributed by atoms with van der Waals surface area (Å²) in [7, 11) is 0. The van der Waals surface area contributed by atoms with Gasteiger partial charge in [-0.2, -0.15) is 26.3 Å². The van der Waals surface area contributed by atoms with Crippen molar-refractivity contribution >= 4 is 45.7 Å². The Morgan fingerprint density at radius 2 is 0.606 bits per heavy atom. The number of rotatable bonds is 6. The minimum Gasteiger partial charge on any atom is -0.273 e. The van der Waals surface area contributed by atoms with Crippen molar-refractivity contribution in [3.63, 3.8) is 0 Å². The summed E-state index contributed by atoms with van der Waals surface area (Å²) in [4.78, 5) is 25.6. The summed E-state index contributed by atoms with van der Waals surface area (Å²) in [5.74, 6) is 1.73. The van der Waals surface area contributed by atoms with Crippen molar-refractivity contribution in [3.8, 4) is 44.8 Å². The quantitative estimate of drug-likeness (QED) is 0.155. The molecule has 0 saturated carbocycles. The first kappa shape index (κ1) is 42.1. The summed E-state index contributed by atoms with van der Waals surface area (Å²) in [5.41, 5.74) is 9.44. The molecular weight excluding hydrogens is 847 g/mol. The molecule has 6 nitrogen and oxygen atoms in total. The lowest BCUT2D eigenvalue weighted by molar-refractivity contribution is -0.138. The fraction of sp³-hybridized carbons (Fsp3) is 0.111. The van der Waals surface area contributed by atoms with Gasteiger partial charge in [0.15, 0.2) is 23.3 Å². The summed E-state index contributed by atoms with van der Waals surface area (Å²) in [6, 6.07) is 44.9. The smallest absolute Gasteiger partial charge is 0.273 e. The van der Waals surface area contributed by atoms with Crippen molar-refractivity contribution in [3.05, 3.63) is 191 Å². The Bertz CT molecular complexity index is 3050. The lowest BCUT2D eigenvalue weighted by Gasteiger charge is -2.37. The number of alkyl halides is 6. The maximum Gasteiger partial charge on any atom is 0.416 e. The summed E-state index contributed by atoms with van der Waals surface area (Å²) in [5, 5.41) is 0. The molecule has 7 aromatic carbocycles. The largest absolute Gasteiger partial charge is 0.416 e. The molecule has 2 aromatic heterocycles. The topological polar surface area (TPSA) is 58.0 Å². The van der Waals surface area contributed by atoms with E-state index in [4.69, 9.17) is 19.9 Å². The lowest BCUT2D eigenvalue weighted by atomic mass is 9.92. The van der Waals surface area contributed by atoms with Crippen LogP contribution < -0.4 is 9.80 Å². The van der Waals surface area contributed by atoms with Crippen LogP contribution in [0.5, 0.6) is 0 Å². The SMILES string of the molecule is Cc1ccc(-c2nc3c(nc2-c2ccc(C)cc2)N(c2ccc(C)cc2)c2nc4cc(-c5ccc(C(F)(F)F)cc5)c(-c5ccc(C(F)(F)F)cc5)cc4nc2N3c2ccc(C)cc2)cc1. The number of aryl methyl sites for hydroxylation is 4. The van der Waals surface area contributed by atoms with Gasteiger partial charge in [-0.15, -0.1) is 0 Å². The van der Waals surface area contributed by atoms with Gasteiger partial charge in [0, 0.05) is 22.5 Å². The summed E-state index contributed by atoms with van der Waals surface area (Å²) >= 11 is 0. The van der Waals surface area contributed by atoms with Crippen LogP contribution in [0.4, 0.5) is 61.0 Å². The molecule has 0 spiro atoms. The van der Waals surface area contributed by atoms with E-state index in [0.717, 1.165) is 69.0 Å².